The lowest BCUT2D eigenvalue weighted by Gasteiger charge is -1.96. The highest BCUT2D eigenvalue weighted by molar-refractivity contribution is 5.66. The number of carboxylic acid groups (broad SMARTS) is 1. The molecule has 20 heavy (non-hydrogen) atoms. The molecule has 0 unspecified atom stereocenters. The van der Waals surface area contributed by atoms with Crippen LogP contribution < -0.4 is 0 Å². The van der Waals surface area contributed by atoms with Crippen LogP contribution in [0.3, 0.4) is 0 Å². The van der Waals surface area contributed by atoms with Crippen LogP contribution >= 0.6 is 0 Å². The van der Waals surface area contributed by atoms with Crippen LogP contribution in [-0.4, -0.2) is 11.1 Å². The van der Waals surface area contributed by atoms with Crippen LogP contribution in [0.2, 0.25) is 0 Å². The van der Waals surface area contributed by atoms with Crippen molar-refractivity contribution in [2.75, 3.05) is 0 Å². The van der Waals surface area contributed by atoms with Gasteiger partial charge in [-0.1, -0.05) is 56.9 Å². The van der Waals surface area contributed by atoms with Crippen molar-refractivity contribution in [3.8, 4) is 23.7 Å². The second kappa shape index (κ2) is 15.4. The average molecular weight is 274 g/mol. The van der Waals surface area contributed by atoms with Crippen LogP contribution in [0.5, 0.6) is 0 Å². The number of hydrogen-bond acceptors (Lipinski definition) is 1. The molecule has 2 heteroatoms. The van der Waals surface area contributed by atoms with E-state index in [-0.39, 0.29) is 6.42 Å². The zero-order chi connectivity index (χ0) is 14.9. The maximum atomic E-state index is 10.2. The molecule has 2 nitrogen and oxygen atoms in total. The fourth-order valence-electron chi connectivity index (χ4n) is 1.70. The topological polar surface area (TPSA) is 37.3 Å². The van der Waals surface area contributed by atoms with Gasteiger partial charge in [0.05, 0.1) is 0 Å². The summed E-state index contributed by atoms with van der Waals surface area (Å²) in [6.07, 6.45) is 14.3. The second-order valence-electron chi connectivity index (χ2n) is 4.78. The molecule has 0 rings (SSSR count). The van der Waals surface area contributed by atoms with Crippen molar-refractivity contribution in [2.45, 2.75) is 71.1 Å². The van der Waals surface area contributed by atoms with Crippen molar-refractivity contribution in [3.05, 3.63) is 12.2 Å². The van der Waals surface area contributed by atoms with Crippen molar-refractivity contribution < 1.29 is 9.90 Å². The minimum Gasteiger partial charge on any atom is -0.481 e. The zero-order valence-corrected chi connectivity index (χ0v) is 12.6. The van der Waals surface area contributed by atoms with Gasteiger partial charge in [0.15, 0.2) is 0 Å². The first-order valence-electron chi connectivity index (χ1n) is 7.62. The molecule has 0 amide bonds. The molecule has 0 atom stereocenters. The number of hydrogen-bond donors (Lipinski definition) is 1. The number of carboxylic acids is 1. The number of allylic oxidation sites excluding steroid dienone is 2. The molecule has 0 aliphatic heterocycles. The SMILES string of the molecule is CCCCCCCC/C=C/C#CC#CCCCC(=O)O. The lowest BCUT2D eigenvalue weighted by molar-refractivity contribution is -0.137. The first-order chi connectivity index (χ1) is 9.77. The second-order valence-corrected chi connectivity index (χ2v) is 4.78. The Morgan fingerprint density at radius 1 is 1.05 bits per heavy atom. The smallest absolute Gasteiger partial charge is 0.303 e. The summed E-state index contributed by atoms with van der Waals surface area (Å²) >= 11 is 0. The van der Waals surface area contributed by atoms with Gasteiger partial charge in [-0.2, -0.15) is 0 Å². The van der Waals surface area contributed by atoms with Crippen LogP contribution in [-0.2, 0) is 4.79 Å². The van der Waals surface area contributed by atoms with E-state index in [4.69, 9.17) is 5.11 Å². The van der Waals surface area contributed by atoms with Crippen LogP contribution in [0.1, 0.15) is 71.1 Å². The fourth-order valence-corrected chi connectivity index (χ4v) is 1.70. The van der Waals surface area contributed by atoms with E-state index in [2.05, 4.69) is 36.7 Å². The molecular formula is C18H26O2. The summed E-state index contributed by atoms with van der Waals surface area (Å²) in [5.41, 5.74) is 0. The fraction of sp³-hybridized carbons (Fsp3) is 0.611. The predicted molar refractivity (Wildman–Crippen MR) is 84.2 cm³/mol. The first-order valence-corrected chi connectivity index (χ1v) is 7.62. The predicted octanol–water partition coefficient (Wildman–Crippen LogP) is 4.55. The third kappa shape index (κ3) is 16.3. The molecule has 1 N–H and O–H groups in total. The average Bonchev–Trinajstić information content (AvgIpc) is 2.43. The maximum Gasteiger partial charge on any atom is 0.303 e. The molecule has 0 bridgehead atoms. The number of carbonyl (C=O) groups is 1. The van der Waals surface area contributed by atoms with Gasteiger partial charge >= 0.3 is 5.97 Å². The highest BCUT2D eigenvalue weighted by atomic mass is 16.4. The van der Waals surface area contributed by atoms with E-state index < -0.39 is 5.97 Å². The van der Waals surface area contributed by atoms with Gasteiger partial charge in [0.25, 0.3) is 0 Å². The third-order valence-electron chi connectivity index (χ3n) is 2.84. The van der Waals surface area contributed by atoms with E-state index in [9.17, 15) is 4.79 Å². The summed E-state index contributed by atoms with van der Waals surface area (Å²) in [5.74, 6) is 10.4. The monoisotopic (exact) mass is 274 g/mol. The van der Waals surface area contributed by atoms with Crippen molar-refractivity contribution >= 4 is 5.97 Å². The Labute approximate surface area is 123 Å². The van der Waals surface area contributed by atoms with Crippen molar-refractivity contribution in [1.29, 1.82) is 0 Å². The van der Waals surface area contributed by atoms with E-state index in [0.717, 1.165) is 6.42 Å². The van der Waals surface area contributed by atoms with Gasteiger partial charge in [-0.3, -0.25) is 4.79 Å². The highest BCUT2D eigenvalue weighted by Crippen LogP contribution is 2.06. The van der Waals surface area contributed by atoms with Crippen LogP contribution in [0, 0.1) is 23.7 Å². The third-order valence-corrected chi connectivity index (χ3v) is 2.84. The Morgan fingerprint density at radius 3 is 2.55 bits per heavy atom. The Kier molecular flexibility index (Phi) is 14.1. The molecule has 0 heterocycles. The lowest BCUT2D eigenvalue weighted by atomic mass is 10.1. The van der Waals surface area contributed by atoms with E-state index in [1.165, 1.54) is 38.5 Å². The van der Waals surface area contributed by atoms with Gasteiger partial charge in [0, 0.05) is 12.8 Å². The molecule has 0 aromatic heterocycles. The van der Waals surface area contributed by atoms with Gasteiger partial charge in [0.1, 0.15) is 0 Å². The molecule has 0 spiro atoms. The number of aliphatic carboxylic acids is 1. The molecule has 0 saturated carbocycles. The van der Waals surface area contributed by atoms with Crippen LogP contribution in [0.4, 0.5) is 0 Å². The Balaban J connectivity index is 3.44. The zero-order valence-electron chi connectivity index (χ0n) is 12.6. The maximum absolute atomic E-state index is 10.2. The molecule has 110 valence electrons. The highest BCUT2D eigenvalue weighted by Gasteiger charge is 1.92. The van der Waals surface area contributed by atoms with Gasteiger partial charge in [-0.15, -0.1) is 0 Å². The first kappa shape index (κ1) is 18.3. The summed E-state index contributed by atoms with van der Waals surface area (Å²) in [6.45, 7) is 2.23. The molecule has 0 saturated heterocycles. The van der Waals surface area contributed by atoms with Crippen LogP contribution in [0.15, 0.2) is 12.2 Å². The van der Waals surface area contributed by atoms with Gasteiger partial charge in [-0.05, 0) is 37.2 Å². The Morgan fingerprint density at radius 2 is 1.80 bits per heavy atom. The van der Waals surface area contributed by atoms with E-state index >= 15 is 0 Å². The van der Waals surface area contributed by atoms with E-state index in [1.54, 1.807) is 0 Å². The minimum atomic E-state index is -0.768. The summed E-state index contributed by atoms with van der Waals surface area (Å²) < 4.78 is 0. The Hall–Kier alpha value is -1.67. The molecule has 0 fully saturated rings. The number of rotatable bonds is 10. The lowest BCUT2D eigenvalue weighted by Crippen LogP contribution is -1.92. The summed E-state index contributed by atoms with van der Waals surface area (Å²) in [7, 11) is 0. The molecule has 0 aromatic rings. The van der Waals surface area contributed by atoms with E-state index in [0.29, 0.717) is 12.8 Å². The Bertz CT molecular complexity index is 385. The normalized spacial score (nSPS) is 9.65. The standard InChI is InChI=1S/C18H26O2/c1-2-3-4-5-6-7-8-9-10-11-12-13-14-15-16-17-18(19)20/h9-10H,2-8,15-17H2,1H3,(H,19,20)/b10-9+. The number of unbranched alkanes of at least 4 members (excludes halogenated alkanes) is 7. The van der Waals surface area contributed by atoms with Gasteiger partial charge < -0.3 is 5.11 Å². The molecule has 0 aromatic carbocycles. The molecular weight excluding hydrogens is 248 g/mol. The van der Waals surface area contributed by atoms with Crippen molar-refractivity contribution in [1.82, 2.24) is 0 Å². The van der Waals surface area contributed by atoms with Gasteiger partial charge in [-0.25, -0.2) is 0 Å². The quantitative estimate of drug-likeness (QED) is 0.468. The van der Waals surface area contributed by atoms with Gasteiger partial charge in [0.2, 0.25) is 0 Å². The molecule has 0 aliphatic rings. The summed E-state index contributed by atoms with van der Waals surface area (Å²) in [4.78, 5) is 10.2. The van der Waals surface area contributed by atoms with Crippen LogP contribution in [0.25, 0.3) is 0 Å². The molecule has 0 radical (unpaired) electrons. The summed E-state index contributed by atoms with van der Waals surface area (Å²) in [6, 6.07) is 0. The van der Waals surface area contributed by atoms with Crippen molar-refractivity contribution in [2.24, 2.45) is 0 Å². The van der Waals surface area contributed by atoms with Crippen molar-refractivity contribution in [3.63, 3.8) is 0 Å². The van der Waals surface area contributed by atoms with E-state index in [1.807, 2.05) is 6.08 Å². The minimum absolute atomic E-state index is 0.181. The molecule has 0 aliphatic carbocycles. The largest absolute Gasteiger partial charge is 0.481 e. The summed E-state index contributed by atoms with van der Waals surface area (Å²) in [5, 5.41) is 8.43.